The van der Waals surface area contributed by atoms with Crippen molar-refractivity contribution >= 4 is 17.5 Å². The zero-order chi connectivity index (χ0) is 15.4. The molecule has 0 fully saturated rings. The number of furan rings is 1. The molecule has 0 aliphatic heterocycles. The van der Waals surface area contributed by atoms with Gasteiger partial charge < -0.3 is 14.2 Å². The Morgan fingerprint density at radius 1 is 1.23 bits per heavy atom. The molecule has 1 amide bonds. The Kier molecular flexibility index (Phi) is 4.25. The summed E-state index contributed by atoms with van der Waals surface area (Å²) in [5.74, 6) is 0.920. The van der Waals surface area contributed by atoms with Crippen LogP contribution >= 0.6 is 11.6 Å². The van der Waals surface area contributed by atoms with Crippen LogP contribution in [0.5, 0.6) is 0 Å². The van der Waals surface area contributed by atoms with E-state index in [1.807, 2.05) is 18.2 Å². The Balaban J connectivity index is 1.70. The van der Waals surface area contributed by atoms with E-state index in [4.69, 9.17) is 20.4 Å². The summed E-state index contributed by atoms with van der Waals surface area (Å²) in [7, 11) is 0. The lowest BCUT2D eigenvalue weighted by atomic mass is 10.1. The Morgan fingerprint density at radius 2 is 2.14 bits per heavy atom. The van der Waals surface area contributed by atoms with Crippen LogP contribution in [0.15, 0.2) is 57.9 Å². The molecule has 0 saturated carbocycles. The molecule has 0 atom stereocenters. The monoisotopic (exact) mass is 316 g/mol. The van der Waals surface area contributed by atoms with Crippen molar-refractivity contribution in [2.75, 3.05) is 6.54 Å². The fourth-order valence-corrected chi connectivity index (χ4v) is 2.27. The number of halogens is 1. The van der Waals surface area contributed by atoms with Gasteiger partial charge in [-0.15, -0.1) is 0 Å². The van der Waals surface area contributed by atoms with Gasteiger partial charge in [-0.3, -0.25) is 4.79 Å². The number of benzene rings is 1. The summed E-state index contributed by atoms with van der Waals surface area (Å²) in [5, 5.41) is 3.36. The molecule has 1 N–H and O–H groups in total. The van der Waals surface area contributed by atoms with Crippen molar-refractivity contribution in [2.45, 2.75) is 6.42 Å². The highest BCUT2D eigenvalue weighted by Crippen LogP contribution is 2.25. The normalized spacial score (nSPS) is 10.6. The molecule has 2 aromatic heterocycles. The maximum atomic E-state index is 12.2. The lowest BCUT2D eigenvalue weighted by molar-refractivity contribution is 0.0949. The molecule has 0 spiro atoms. The topological polar surface area (TPSA) is 68.3 Å². The number of hydrogen-bond donors (Lipinski definition) is 1. The van der Waals surface area contributed by atoms with E-state index in [1.165, 1.54) is 6.39 Å². The van der Waals surface area contributed by atoms with Crippen LogP contribution in [0.4, 0.5) is 0 Å². The molecule has 0 aliphatic rings. The zero-order valence-corrected chi connectivity index (χ0v) is 12.3. The summed E-state index contributed by atoms with van der Waals surface area (Å²) >= 11 is 5.96. The third-order valence-electron chi connectivity index (χ3n) is 3.11. The Bertz CT molecular complexity index is 765. The van der Waals surface area contributed by atoms with Crippen molar-refractivity contribution in [1.29, 1.82) is 0 Å². The molecular formula is C16H13ClN2O3. The van der Waals surface area contributed by atoms with Gasteiger partial charge in [0.25, 0.3) is 5.91 Å². The number of oxazole rings is 1. The van der Waals surface area contributed by atoms with Gasteiger partial charge in [0.15, 0.2) is 17.8 Å². The maximum absolute atomic E-state index is 12.2. The van der Waals surface area contributed by atoms with Crippen molar-refractivity contribution < 1.29 is 13.6 Å². The second-order valence-electron chi connectivity index (χ2n) is 4.63. The van der Waals surface area contributed by atoms with Crippen LogP contribution in [0.25, 0.3) is 11.3 Å². The number of nitrogens with one attached hydrogen (secondary N) is 1. The molecule has 22 heavy (non-hydrogen) atoms. The van der Waals surface area contributed by atoms with Crippen LogP contribution in [0.3, 0.4) is 0 Å². The Morgan fingerprint density at radius 3 is 2.91 bits per heavy atom. The molecule has 2 heterocycles. The average molecular weight is 317 g/mol. The first-order chi connectivity index (χ1) is 10.7. The van der Waals surface area contributed by atoms with Gasteiger partial charge in [-0.25, -0.2) is 4.98 Å². The van der Waals surface area contributed by atoms with E-state index < -0.39 is 0 Å². The van der Waals surface area contributed by atoms with Crippen molar-refractivity contribution in [3.8, 4) is 11.3 Å². The Hall–Kier alpha value is -2.53. The van der Waals surface area contributed by atoms with Crippen molar-refractivity contribution in [3.05, 3.63) is 65.5 Å². The van der Waals surface area contributed by atoms with E-state index in [1.54, 1.807) is 24.5 Å². The maximum Gasteiger partial charge on any atom is 0.273 e. The zero-order valence-electron chi connectivity index (χ0n) is 11.6. The number of carbonyl (C=O) groups excluding carboxylic acids is 1. The predicted molar refractivity (Wildman–Crippen MR) is 81.7 cm³/mol. The van der Waals surface area contributed by atoms with Gasteiger partial charge >= 0.3 is 0 Å². The molecule has 112 valence electrons. The second kappa shape index (κ2) is 6.49. The van der Waals surface area contributed by atoms with Crippen LogP contribution < -0.4 is 5.32 Å². The van der Waals surface area contributed by atoms with Gasteiger partial charge in [-0.1, -0.05) is 23.7 Å². The quantitative estimate of drug-likeness (QED) is 0.781. The summed E-state index contributed by atoms with van der Waals surface area (Å²) < 4.78 is 10.5. The molecule has 0 saturated heterocycles. The minimum absolute atomic E-state index is 0.238. The van der Waals surface area contributed by atoms with Gasteiger partial charge in [-0.05, 0) is 24.3 Å². The molecule has 3 rings (SSSR count). The van der Waals surface area contributed by atoms with E-state index in [2.05, 4.69) is 10.3 Å². The lowest BCUT2D eigenvalue weighted by Crippen LogP contribution is -2.26. The number of hydrogen-bond acceptors (Lipinski definition) is 4. The highest BCUT2D eigenvalue weighted by Gasteiger charge is 2.18. The summed E-state index contributed by atoms with van der Waals surface area (Å²) in [6, 6.07) is 10.8. The third-order valence-corrected chi connectivity index (χ3v) is 3.34. The van der Waals surface area contributed by atoms with Gasteiger partial charge in [-0.2, -0.15) is 0 Å². The van der Waals surface area contributed by atoms with E-state index in [-0.39, 0.29) is 11.6 Å². The molecule has 5 nitrogen and oxygen atoms in total. The highest BCUT2D eigenvalue weighted by atomic mass is 35.5. The van der Waals surface area contributed by atoms with Crippen LogP contribution in [0, 0.1) is 0 Å². The average Bonchev–Trinajstić information content (AvgIpc) is 3.18. The molecule has 6 heteroatoms. The summed E-state index contributed by atoms with van der Waals surface area (Å²) in [6.07, 6.45) is 3.47. The SMILES string of the molecule is O=C(NCCc1ccco1)c1ncoc1-c1cccc(Cl)c1. The van der Waals surface area contributed by atoms with Crippen molar-refractivity contribution in [2.24, 2.45) is 0 Å². The van der Waals surface area contributed by atoms with Crippen molar-refractivity contribution in [3.63, 3.8) is 0 Å². The minimum atomic E-state index is -0.296. The minimum Gasteiger partial charge on any atom is -0.469 e. The van der Waals surface area contributed by atoms with E-state index >= 15 is 0 Å². The lowest BCUT2D eigenvalue weighted by Gasteiger charge is -2.04. The molecule has 1 aromatic carbocycles. The van der Waals surface area contributed by atoms with Gasteiger partial charge in [0, 0.05) is 23.6 Å². The van der Waals surface area contributed by atoms with Crippen molar-refractivity contribution in [1.82, 2.24) is 10.3 Å². The first kappa shape index (κ1) is 14.4. The summed E-state index contributed by atoms with van der Waals surface area (Å²) in [4.78, 5) is 16.2. The van der Waals surface area contributed by atoms with Crippen LogP contribution in [0.2, 0.25) is 5.02 Å². The number of aromatic nitrogens is 1. The summed E-state index contributed by atoms with van der Waals surface area (Å²) in [5.41, 5.74) is 0.947. The van der Waals surface area contributed by atoms with E-state index in [0.29, 0.717) is 29.3 Å². The van der Waals surface area contributed by atoms with Crippen LogP contribution in [-0.4, -0.2) is 17.4 Å². The number of amides is 1. The van der Waals surface area contributed by atoms with Crippen LogP contribution in [0.1, 0.15) is 16.2 Å². The molecule has 0 bridgehead atoms. The second-order valence-corrected chi connectivity index (χ2v) is 5.06. The fraction of sp³-hybridized carbons (Fsp3) is 0.125. The van der Waals surface area contributed by atoms with Gasteiger partial charge in [0.2, 0.25) is 0 Å². The summed E-state index contributed by atoms with van der Waals surface area (Å²) in [6.45, 7) is 0.453. The van der Waals surface area contributed by atoms with Gasteiger partial charge in [0.1, 0.15) is 5.76 Å². The smallest absolute Gasteiger partial charge is 0.273 e. The number of rotatable bonds is 5. The third kappa shape index (κ3) is 3.20. The predicted octanol–water partition coefficient (Wildman–Crippen LogP) is 3.56. The molecular weight excluding hydrogens is 304 g/mol. The fourth-order valence-electron chi connectivity index (χ4n) is 2.08. The standard InChI is InChI=1S/C16H13ClN2O3/c17-12-4-1-3-11(9-12)15-14(19-10-22-15)16(20)18-7-6-13-5-2-8-21-13/h1-5,8-10H,6-7H2,(H,18,20). The number of nitrogens with zero attached hydrogens (tertiary/aromatic N) is 1. The van der Waals surface area contributed by atoms with Gasteiger partial charge in [0.05, 0.1) is 6.26 Å². The molecule has 0 radical (unpaired) electrons. The van der Waals surface area contributed by atoms with Crippen LogP contribution in [-0.2, 0) is 6.42 Å². The largest absolute Gasteiger partial charge is 0.469 e. The van der Waals surface area contributed by atoms with E-state index in [9.17, 15) is 4.79 Å². The molecule has 3 aromatic rings. The highest BCUT2D eigenvalue weighted by molar-refractivity contribution is 6.30. The Labute approximate surface area is 131 Å². The first-order valence-electron chi connectivity index (χ1n) is 6.74. The molecule has 0 unspecified atom stereocenters. The van der Waals surface area contributed by atoms with E-state index in [0.717, 1.165) is 5.76 Å². The molecule has 0 aliphatic carbocycles. The first-order valence-corrected chi connectivity index (χ1v) is 7.12. The number of carbonyl (C=O) groups is 1.